The third-order valence-electron chi connectivity index (χ3n) is 2.62. The summed E-state index contributed by atoms with van der Waals surface area (Å²) < 4.78 is 1.91. The molecule has 0 amide bonds. The Morgan fingerprint density at radius 2 is 2.50 bits per heavy atom. The Bertz CT molecular complexity index is 302. The fourth-order valence-electron chi connectivity index (χ4n) is 1.71. The first-order chi connectivity index (χ1) is 6.85. The van der Waals surface area contributed by atoms with E-state index in [0.717, 1.165) is 5.75 Å². The fraction of sp³-hybridized carbons (Fsp3) is 0.778. The molecular formula is C9H15N3OS. The first-order valence-electron chi connectivity index (χ1n) is 4.98. The SMILES string of the molecule is CCSC1CCC1n1cc(CO)nn1. The lowest BCUT2D eigenvalue weighted by molar-refractivity contribution is 0.276. The van der Waals surface area contributed by atoms with E-state index >= 15 is 0 Å². The molecule has 1 aromatic heterocycles. The third kappa shape index (κ3) is 1.79. The van der Waals surface area contributed by atoms with Gasteiger partial charge in [0.2, 0.25) is 0 Å². The monoisotopic (exact) mass is 213 g/mol. The second kappa shape index (κ2) is 4.31. The van der Waals surface area contributed by atoms with Gasteiger partial charge in [0.05, 0.1) is 18.8 Å². The Morgan fingerprint density at radius 1 is 1.64 bits per heavy atom. The van der Waals surface area contributed by atoms with Crippen molar-refractivity contribution in [1.82, 2.24) is 15.0 Å². The molecule has 0 bridgehead atoms. The maximum absolute atomic E-state index is 8.87. The number of hydrogen-bond donors (Lipinski definition) is 1. The standard InChI is InChI=1S/C9H15N3OS/c1-2-14-9-4-3-8(9)12-5-7(6-13)10-11-12/h5,8-9,13H,2-4,6H2,1H3. The van der Waals surface area contributed by atoms with Gasteiger partial charge in [0.15, 0.2) is 0 Å². The summed E-state index contributed by atoms with van der Waals surface area (Å²) >= 11 is 1.99. The molecule has 1 aliphatic rings. The van der Waals surface area contributed by atoms with Gasteiger partial charge < -0.3 is 5.11 Å². The molecule has 0 radical (unpaired) electrons. The lowest BCUT2D eigenvalue weighted by Crippen LogP contribution is -2.32. The largest absolute Gasteiger partial charge is 0.390 e. The number of aromatic nitrogens is 3. The van der Waals surface area contributed by atoms with E-state index in [1.807, 2.05) is 22.6 Å². The van der Waals surface area contributed by atoms with Crippen LogP contribution in [0.4, 0.5) is 0 Å². The van der Waals surface area contributed by atoms with E-state index in [1.165, 1.54) is 12.8 Å². The number of nitrogens with zero attached hydrogens (tertiary/aromatic N) is 3. The second-order valence-corrected chi connectivity index (χ2v) is 5.00. The highest BCUT2D eigenvalue weighted by atomic mass is 32.2. The molecule has 0 aliphatic heterocycles. The average Bonchev–Trinajstić information content (AvgIpc) is 2.61. The Hall–Kier alpha value is -0.550. The fourth-order valence-corrected chi connectivity index (χ4v) is 2.92. The number of aliphatic hydroxyl groups is 1. The van der Waals surface area contributed by atoms with Gasteiger partial charge in [-0.2, -0.15) is 11.8 Å². The molecule has 1 aromatic rings. The van der Waals surface area contributed by atoms with Crippen LogP contribution in [0.15, 0.2) is 6.20 Å². The molecule has 1 saturated carbocycles. The Morgan fingerprint density at radius 3 is 3.00 bits per heavy atom. The summed E-state index contributed by atoms with van der Waals surface area (Å²) in [4.78, 5) is 0. The highest BCUT2D eigenvalue weighted by Crippen LogP contribution is 2.40. The topological polar surface area (TPSA) is 50.9 Å². The minimum atomic E-state index is -0.0156. The van der Waals surface area contributed by atoms with Crippen LogP contribution in [0.25, 0.3) is 0 Å². The van der Waals surface area contributed by atoms with E-state index < -0.39 is 0 Å². The van der Waals surface area contributed by atoms with Crippen molar-refractivity contribution in [2.75, 3.05) is 5.75 Å². The van der Waals surface area contributed by atoms with E-state index in [-0.39, 0.29) is 6.61 Å². The number of aliphatic hydroxyl groups excluding tert-OH is 1. The Balaban J connectivity index is 2.00. The molecule has 0 spiro atoms. The summed E-state index contributed by atoms with van der Waals surface area (Å²) in [5.74, 6) is 1.16. The van der Waals surface area contributed by atoms with Gasteiger partial charge in [-0.3, -0.25) is 0 Å². The van der Waals surface area contributed by atoms with Crippen molar-refractivity contribution in [2.45, 2.75) is 37.7 Å². The maximum Gasteiger partial charge on any atom is 0.108 e. The lowest BCUT2D eigenvalue weighted by Gasteiger charge is -2.35. The maximum atomic E-state index is 8.87. The first-order valence-corrected chi connectivity index (χ1v) is 6.03. The zero-order valence-corrected chi connectivity index (χ0v) is 9.07. The van der Waals surface area contributed by atoms with Crippen LogP contribution >= 0.6 is 11.8 Å². The van der Waals surface area contributed by atoms with Gasteiger partial charge in [-0.15, -0.1) is 5.10 Å². The minimum absolute atomic E-state index is 0.0156. The molecule has 1 fully saturated rings. The van der Waals surface area contributed by atoms with Gasteiger partial charge in [-0.1, -0.05) is 12.1 Å². The molecule has 2 unspecified atom stereocenters. The van der Waals surface area contributed by atoms with Crippen LogP contribution in [-0.4, -0.2) is 31.1 Å². The molecule has 0 aromatic carbocycles. The first kappa shape index (κ1) is 9.98. The second-order valence-electron chi connectivity index (χ2n) is 3.49. The molecule has 1 heterocycles. The average molecular weight is 213 g/mol. The third-order valence-corrected chi connectivity index (χ3v) is 3.93. The highest BCUT2D eigenvalue weighted by Gasteiger charge is 2.32. The van der Waals surface area contributed by atoms with Crippen LogP contribution in [-0.2, 0) is 6.61 Å². The van der Waals surface area contributed by atoms with Crippen molar-refractivity contribution < 1.29 is 5.11 Å². The quantitative estimate of drug-likeness (QED) is 0.817. The molecule has 78 valence electrons. The van der Waals surface area contributed by atoms with Crippen LogP contribution in [0.5, 0.6) is 0 Å². The van der Waals surface area contributed by atoms with Crippen LogP contribution < -0.4 is 0 Å². The zero-order chi connectivity index (χ0) is 9.97. The number of rotatable bonds is 4. The molecule has 1 N–H and O–H groups in total. The van der Waals surface area contributed by atoms with E-state index in [1.54, 1.807) is 0 Å². The molecule has 0 saturated heterocycles. The summed E-state index contributed by atoms with van der Waals surface area (Å²) in [7, 11) is 0. The van der Waals surface area contributed by atoms with E-state index in [2.05, 4.69) is 17.2 Å². The summed E-state index contributed by atoms with van der Waals surface area (Å²) in [6.07, 6.45) is 4.32. The van der Waals surface area contributed by atoms with Crippen LogP contribution in [0.3, 0.4) is 0 Å². The van der Waals surface area contributed by atoms with E-state index in [9.17, 15) is 0 Å². The van der Waals surface area contributed by atoms with Crippen molar-refractivity contribution in [2.24, 2.45) is 0 Å². The van der Waals surface area contributed by atoms with Crippen molar-refractivity contribution in [1.29, 1.82) is 0 Å². The zero-order valence-electron chi connectivity index (χ0n) is 8.26. The van der Waals surface area contributed by atoms with Crippen LogP contribution in [0, 0.1) is 0 Å². The normalized spacial score (nSPS) is 26.1. The molecule has 4 nitrogen and oxygen atoms in total. The number of thioether (sulfide) groups is 1. The molecular weight excluding hydrogens is 198 g/mol. The predicted octanol–water partition coefficient (Wildman–Crippen LogP) is 1.23. The molecule has 5 heteroatoms. The van der Waals surface area contributed by atoms with Crippen LogP contribution in [0.1, 0.15) is 31.5 Å². The van der Waals surface area contributed by atoms with E-state index in [0.29, 0.717) is 17.0 Å². The molecule has 2 rings (SSSR count). The smallest absolute Gasteiger partial charge is 0.108 e. The molecule has 14 heavy (non-hydrogen) atoms. The minimum Gasteiger partial charge on any atom is -0.390 e. The van der Waals surface area contributed by atoms with Crippen molar-refractivity contribution in [3.05, 3.63) is 11.9 Å². The summed E-state index contributed by atoms with van der Waals surface area (Å²) in [5.41, 5.74) is 0.664. The van der Waals surface area contributed by atoms with Crippen molar-refractivity contribution in [3.8, 4) is 0 Å². The Labute approximate surface area is 87.7 Å². The van der Waals surface area contributed by atoms with Crippen molar-refractivity contribution in [3.63, 3.8) is 0 Å². The molecule has 1 aliphatic carbocycles. The number of hydrogen-bond acceptors (Lipinski definition) is 4. The molecule has 2 atom stereocenters. The van der Waals surface area contributed by atoms with Gasteiger partial charge in [0.25, 0.3) is 0 Å². The van der Waals surface area contributed by atoms with Gasteiger partial charge in [-0.05, 0) is 18.6 Å². The van der Waals surface area contributed by atoms with E-state index in [4.69, 9.17) is 5.11 Å². The van der Waals surface area contributed by atoms with Gasteiger partial charge in [-0.25, -0.2) is 4.68 Å². The summed E-state index contributed by atoms with van der Waals surface area (Å²) in [5, 5.41) is 17.5. The summed E-state index contributed by atoms with van der Waals surface area (Å²) in [6, 6.07) is 0.493. The highest BCUT2D eigenvalue weighted by molar-refractivity contribution is 7.99. The predicted molar refractivity (Wildman–Crippen MR) is 56.1 cm³/mol. The van der Waals surface area contributed by atoms with Gasteiger partial charge in [0.1, 0.15) is 5.69 Å². The lowest BCUT2D eigenvalue weighted by atomic mass is 9.92. The van der Waals surface area contributed by atoms with Gasteiger partial charge >= 0.3 is 0 Å². The van der Waals surface area contributed by atoms with Gasteiger partial charge in [0, 0.05) is 5.25 Å². The van der Waals surface area contributed by atoms with Crippen LogP contribution in [0.2, 0.25) is 0 Å². The Kier molecular flexibility index (Phi) is 3.08. The summed E-state index contributed by atoms with van der Waals surface area (Å²) in [6.45, 7) is 2.17. The van der Waals surface area contributed by atoms with Crippen molar-refractivity contribution >= 4 is 11.8 Å².